The highest BCUT2D eigenvalue weighted by Gasteiger charge is 2.35. The number of rotatable bonds is 16. The summed E-state index contributed by atoms with van der Waals surface area (Å²) in [5.74, 6) is -0.234. The zero-order valence-electron chi connectivity index (χ0n) is 28.3. The molecular weight excluding hydrogens is 627 g/mol. The molecule has 0 aliphatic carbocycles. The van der Waals surface area contributed by atoms with Gasteiger partial charge in [-0.05, 0) is 55.7 Å². The van der Waals surface area contributed by atoms with Gasteiger partial charge in [-0.3, -0.25) is 13.9 Å². The van der Waals surface area contributed by atoms with E-state index in [1.165, 1.54) is 37.3 Å². The molecule has 4 rings (SSSR count). The molecule has 0 fully saturated rings. The molecule has 0 aromatic heterocycles. The van der Waals surface area contributed by atoms with Gasteiger partial charge in [-0.25, -0.2) is 8.42 Å². The summed E-state index contributed by atoms with van der Waals surface area (Å²) in [5, 5.41) is 3.01. The van der Waals surface area contributed by atoms with E-state index in [2.05, 4.69) is 5.32 Å². The number of carbonyl (C=O) groups is 2. The van der Waals surface area contributed by atoms with Crippen LogP contribution in [0.1, 0.15) is 42.0 Å². The monoisotopic (exact) mass is 671 g/mol. The van der Waals surface area contributed by atoms with Gasteiger partial charge in [0.15, 0.2) is 0 Å². The number of hydrogen-bond acceptors (Lipinski definition) is 6. The Bertz CT molecular complexity index is 1780. The first-order valence-electron chi connectivity index (χ1n) is 16.1. The number of nitrogens with zero attached hydrogens (tertiary/aromatic N) is 2. The molecule has 1 atom stereocenters. The van der Waals surface area contributed by atoms with Crippen LogP contribution in [0.15, 0.2) is 102 Å². The normalized spacial score (nSPS) is 11.8. The first-order chi connectivity index (χ1) is 23.1. The Morgan fingerprint density at radius 2 is 1.52 bits per heavy atom. The fourth-order valence-electron chi connectivity index (χ4n) is 5.41. The summed E-state index contributed by atoms with van der Waals surface area (Å²) in [6, 6.07) is 27.5. The number of anilines is 1. The average molecular weight is 672 g/mol. The molecule has 10 heteroatoms. The van der Waals surface area contributed by atoms with Gasteiger partial charge < -0.3 is 19.7 Å². The van der Waals surface area contributed by atoms with Crippen LogP contribution in [0.3, 0.4) is 0 Å². The van der Waals surface area contributed by atoms with Gasteiger partial charge in [-0.15, -0.1) is 0 Å². The molecule has 0 aliphatic rings. The van der Waals surface area contributed by atoms with Crippen molar-refractivity contribution in [3.8, 4) is 11.5 Å². The highest BCUT2D eigenvalue weighted by atomic mass is 32.2. The SMILES string of the molecule is CCCCNC(=O)C(Cc1ccccc1)N(Cc1cccc(C)c1)C(=O)CN(c1cc(OC)ccc1OC)S(=O)(=O)c1ccc(C)cc1. The van der Waals surface area contributed by atoms with Gasteiger partial charge in [0.25, 0.3) is 10.0 Å². The van der Waals surface area contributed by atoms with E-state index in [0.29, 0.717) is 12.3 Å². The van der Waals surface area contributed by atoms with Crippen LogP contribution in [-0.4, -0.2) is 58.5 Å². The van der Waals surface area contributed by atoms with Gasteiger partial charge in [-0.2, -0.15) is 0 Å². The highest BCUT2D eigenvalue weighted by molar-refractivity contribution is 7.92. The lowest BCUT2D eigenvalue weighted by atomic mass is 10.0. The zero-order valence-corrected chi connectivity index (χ0v) is 29.1. The lowest BCUT2D eigenvalue weighted by Gasteiger charge is -2.34. The van der Waals surface area contributed by atoms with Gasteiger partial charge in [0, 0.05) is 25.6 Å². The highest BCUT2D eigenvalue weighted by Crippen LogP contribution is 2.36. The summed E-state index contributed by atoms with van der Waals surface area (Å²) in [7, 11) is -1.40. The van der Waals surface area contributed by atoms with Crippen LogP contribution < -0.4 is 19.1 Å². The maximum atomic E-state index is 14.7. The fraction of sp³-hybridized carbons (Fsp3) is 0.316. The van der Waals surface area contributed by atoms with Crippen LogP contribution in [0.4, 0.5) is 5.69 Å². The van der Waals surface area contributed by atoms with E-state index in [-0.39, 0.29) is 35.2 Å². The standard InChI is InChI=1S/C38H45N3O6S/c1-6-7-22-39-38(43)35(24-30-13-9-8-10-14-30)40(26-31-15-11-12-29(3)23-31)37(42)27-41(34-25-32(46-4)18-21-36(34)47-5)48(44,45)33-19-16-28(2)17-20-33/h8-21,23,25,35H,6-7,22,24,26-27H2,1-5H3,(H,39,43). The van der Waals surface area contributed by atoms with E-state index < -0.39 is 28.5 Å². The maximum Gasteiger partial charge on any atom is 0.264 e. The van der Waals surface area contributed by atoms with Crippen molar-refractivity contribution < 1.29 is 27.5 Å². The van der Waals surface area contributed by atoms with Crippen LogP contribution in [-0.2, 0) is 32.6 Å². The molecule has 0 saturated carbocycles. The molecule has 0 bridgehead atoms. The minimum atomic E-state index is -4.31. The van der Waals surface area contributed by atoms with E-state index in [0.717, 1.165) is 39.4 Å². The predicted octanol–water partition coefficient (Wildman–Crippen LogP) is 6.07. The van der Waals surface area contributed by atoms with Crippen molar-refractivity contribution in [3.05, 3.63) is 119 Å². The molecule has 0 aliphatic heterocycles. The van der Waals surface area contributed by atoms with Crippen LogP contribution in [0.5, 0.6) is 11.5 Å². The summed E-state index contributed by atoms with van der Waals surface area (Å²) in [5.41, 5.74) is 3.70. The van der Waals surface area contributed by atoms with Gasteiger partial charge in [0.2, 0.25) is 11.8 Å². The number of sulfonamides is 1. The summed E-state index contributed by atoms with van der Waals surface area (Å²) in [6.45, 7) is 5.81. The smallest absolute Gasteiger partial charge is 0.264 e. The number of amides is 2. The van der Waals surface area contributed by atoms with Crippen molar-refractivity contribution in [2.24, 2.45) is 0 Å². The average Bonchev–Trinajstić information content (AvgIpc) is 3.09. The molecule has 0 radical (unpaired) electrons. The molecule has 1 unspecified atom stereocenters. The molecule has 1 N–H and O–H groups in total. The second-order valence-electron chi connectivity index (χ2n) is 11.7. The Morgan fingerprint density at radius 1 is 0.812 bits per heavy atom. The van der Waals surface area contributed by atoms with Crippen molar-refractivity contribution in [3.63, 3.8) is 0 Å². The van der Waals surface area contributed by atoms with Gasteiger partial charge in [0.1, 0.15) is 24.1 Å². The molecule has 0 heterocycles. The molecule has 9 nitrogen and oxygen atoms in total. The number of unbranched alkanes of at least 4 members (excludes halogenated alkanes) is 1. The van der Waals surface area contributed by atoms with E-state index >= 15 is 0 Å². The lowest BCUT2D eigenvalue weighted by Crippen LogP contribution is -2.53. The molecule has 254 valence electrons. The molecule has 0 saturated heterocycles. The lowest BCUT2D eigenvalue weighted by molar-refractivity contribution is -0.140. The summed E-state index contributed by atoms with van der Waals surface area (Å²) < 4.78 is 40.9. The molecule has 4 aromatic carbocycles. The van der Waals surface area contributed by atoms with E-state index in [1.54, 1.807) is 24.3 Å². The Kier molecular flexibility index (Phi) is 12.6. The Morgan fingerprint density at radius 3 is 2.17 bits per heavy atom. The molecular formula is C38H45N3O6S. The second-order valence-corrected chi connectivity index (χ2v) is 13.6. The molecule has 4 aromatic rings. The fourth-order valence-corrected chi connectivity index (χ4v) is 6.83. The minimum Gasteiger partial charge on any atom is -0.497 e. The van der Waals surface area contributed by atoms with Crippen molar-refractivity contribution in [2.45, 2.75) is 57.5 Å². The molecule has 0 spiro atoms. The van der Waals surface area contributed by atoms with Crippen molar-refractivity contribution in [2.75, 3.05) is 31.6 Å². The third-order valence-corrected chi connectivity index (χ3v) is 9.85. The van der Waals surface area contributed by atoms with Crippen LogP contribution >= 0.6 is 0 Å². The maximum absolute atomic E-state index is 14.7. The Labute approximate surface area is 284 Å². The summed E-state index contributed by atoms with van der Waals surface area (Å²) in [4.78, 5) is 30.2. The Balaban J connectivity index is 1.85. The van der Waals surface area contributed by atoms with E-state index in [9.17, 15) is 18.0 Å². The number of ether oxygens (including phenoxy) is 2. The second kappa shape index (κ2) is 16.8. The number of hydrogen-bond donors (Lipinski definition) is 1. The summed E-state index contributed by atoms with van der Waals surface area (Å²) in [6.07, 6.45) is 1.92. The van der Waals surface area contributed by atoms with Crippen LogP contribution in [0.25, 0.3) is 0 Å². The predicted molar refractivity (Wildman–Crippen MR) is 189 cm³/mol. The first-order valence-corrected chi connectivity index (χ1v) is 17.5. The number of carbonyl (C=O) groups excluding carboxylic acids is 2. The quantitative estimate of drug-likeness (QED) is 0.145. The topological polar surface area (TPSA) is 105 Å². The van der Waals surface area contributed by atoms with E-state index in [4.69, 9.17) is 9.47 Å². The number of aryl methyl sites for hydroxylation is 2. The summed E-state index contributed by atoms with van der Waals surface area (Å²) >= 11 is 0. The van der Waals surface area contributed by atoms with Crippen LogP contribution in [0.2, 0.25) is 0 Å². The number of methoxy groups -OCH3 is 2. The minimum absolute atomic E-state index is 0.00847. The third-order valence-electron chi connectivity index (χ3n) is 8.08. The van der Waals surface area contributed by atoms with Gasteiger partial charge >= 0.3 is 0 Å². The number of nitrogens with one attached hydrogen (secondary N) is 1. The zero-order chi connectivity index (χ0) is 34.7. The number of benzene rings is 4. The molecule has 2 amide bonds. The third kappa shape index (κ3) is 9.16. The van der Waals surface area contributed by atoms with Crippen LogP contribution in [0, 0.1) is 13.8 Å². The van der Waals surface area contributed by atoms with Gasteiger partial charge in [0.05, 0.1) is 24.8 Å². The van der Waals surface area contributed by atoms with Crippen molar-refractivity contribution in [1.82, 2.24) is 10.2 Å². The largest absolute Gasteiger partial charge is 0.497 e. The molecule has 48 heavy (non-hydrogen) atoms. The van der Waals surface area contributed by atoms with E-state index in [1.807, 2.05) is 75.4 Å². The van der Waals surface area contributed by atoms with Crippen molar-refractivity contribution >= 4 is 27.5 Å². The first kappa shape index (κ1) is 36.0. The Hall–Kier alpha value is -4.83. The van der Waals surface area contributed by atoms with Gasteiger partial charge in [-0.1, -0.05) is 91.2 Å². The van der Waals surface area contributed by atoms with Crippen molar-refractivity contribution in [1.29, 1.82) is 0 Å².